The summed E-state index contributed by atoms with van der Waals surface area (Å²) in [6, 6.07) is 0. The molecule has 2 atom stereocenters. The lowest BCUT2D eigenvalue weighted by atomic mass is 10.1. The summed E-state index contributed by atoms with van der Waals surface area (Å²) in [5.74, 6) is 0.660. The molecule has 13 heavy (non-hydrogen) atoms. The Morgan fingerprint density at radius 1 is 1.54 bits per heavy atom. The monoisotopic (exact) mass is 185 g/mol. The van der Waals surface area contributed by atoms with Crippen LogP contribution in [0.15, 0.2) is 0 Å². The van der Waals surface area contributed by atoms with Crippen molar-refractivity contribution in [3.05, 3.63) is 0 Å². The molecule has 0 unspecified atom stereocenters. The van der Waals surface area contributed by atoms with Gasteiger partial charge in [0.1, 0.15) is 6.10 Å². The normalized spacial score (nSPS) is 29.9. The van der Waals surface area contributed by atoms with E-state index in [-0.39, 0.29) is 18.1 Å². The van der Waals surface area contributed by atoms with Crippen molar-refractivity contribution in [2.75, 3.05) is 13.1 Å². The fourth-order valence-corrected chi connectivity index (χ4v) is 1.71. The Morgan fingerprint density at radius 3 is 2.69 bits per heavy atom. The molecule has 0 bridgehead atoms. The number of carbonyl (C=O) groups is 1. The standard InChI is InChI=1S/C10H19NO2/c1-7(2)5-11-6-8(3)13-9(4)10(11)12/h7-9H,5-6H2,1-4H3/t8-,9+/m0/s1. The van der Waals surface area contributed by atoms with E-state index in [0.29, 0.717) is 5.92 Å². The van der Waals surface area contributed by atoms with E-state index in [1.807, 2.05) is 18.7 Å². The molecule has 0 radical (unpaired) electrons. The number of rotatable bonds is 2. The van der Waals surface area contributed by atoms with E-state index in [1.165, 1.54) is 0 Å². The highest BCUT2D eigenvalue weighted by Gasteiger charge is 2.29. The van der Waals surface area contributed by atoms with Gasteiger partial charge in [0, 0.05) is 13.1 Å². The van der Waals surface area contributed by atoms with Crippen LogP contribution in [-0.2, 0) is 9.53 Å². The number of hydrogen-bond donors (Lipinski definition) is 0. The van der Waals surface area contributed by atoms with Crippen molar-refractivity contribution < 1.29 is 9.53 Å². The highest BCUT2D eigenvalue weighted by Crippen LogP contribution is 2.13. The van der Waals surface area contributed by atoms with Crippen molar-refractivity contribution in [2.45, 2.75) is 39.9 Å². The summed E-state index contributed by atoms with van der Waals surface area (Å²) in [6.45, 7) is 9.66. The van der Waals surface area contributed by atoms with Gasteiger partial charge in [0.25, 0.3) is 5.91 Å². The third-order valence-electron chi connectivity index (χ3n) is 2.16. The second-order valence-corrected chi connectivity index (χ2v) is 4.23. The average Bonchev–Trinajstić information content (AvgIpc) is 1.98. The van der Waals surface area contributed by atoms with Gasteiger partial charge in [-0.25, -0.2) is 0 Å². The summed E-state index contributed by atoms with van der Waals surface area (Å²) in [5, 5.41) is 0. The second-order valence-electron chi connectivity index (χ2n) is 4.23. The third kappa shape index (κ3) is 2.69. The predicted molar refractivity (Wildman–Crippen MR) is 51.4 cm³/mol. The van der Waals surface area contributed by atoms with E-state index < -0.39 is 0 Å². The Bertz CT molecular complexity index is 189. The first-order valence-corrected chi connectivity index (χ1v) is 4.95. The van der Waals surface area contributed by atoms with Crippen molar-refractivity contribution in [1.29, 1.82) is 0 Å². The minimum atomic E-state index is -0.262. The Kier molecular flexibility index (Phi) is 3.31. The van der Waals surface area contributed by atoms with Gasteiger partial charge in [0.2, 0.25) is 0 Å². The van der Waals surface area contributed by atoms with Crippen molar-refractivity contribution in [1.82, 2.24) is 4.90 Å². The van der Waals surface area contributed by atoms with Crippen molar-refractivity contribution >= 4 is 5.91 Å². The van der Waals surface area contributed by atoms with E-state index in [4.69, 9.17) is 4.74 Å². The van der Waals surface area contributed by atoms with Gasteiger partial charge in [-0.05, 0) is 19.8 Å². The average molecular weight is 185 g/mol. The molecule has 0 aromatic heterocycles. The fourth-order valence-electron chi connectivity index (χ4n) is 1.71. The molecule has 0 aliphatic carbocycles. The highest BCUT2D eigenvalue weighted by atomic mass is 16.5. The predicted octanol–water partition coefficient (Wildman–Crippen LogP) is 1.28. The number of carbonyl (C=O) groups excluding carboxylic acids is 1. The molecule has 1 saturated heterocycles. The summed E-state index contributed by atoms with van der Waals surface area (Å²) in [6.07, 6.45) is -0.0889. The second kappa shape index (κ2) is 4.09. The quantitative estimate of drug-likeness (QED) is 0.648. The molecule has 0 saturated carbocycles. The van der Waals surface area contributed by atoms with Crippen molar-refractivity contribution in [3.8, 4) is 0 Å². The SMILES string of the molecule is CC(C)CN1C[C@H](C)O[C@H](C)C1=O. The van der Waals surface area contributed by atoms with Gasteiger partial charge in [-0.2, -0.15) is 0 Å². The van der Waals surface area contributed by atoms with Crippen LogP contribution in [0.25, 0.3) is 0 Å². The number of amides is 1. The van der Waals surface area contributed by atoms with Crippen LogP contribution in [0.2, 0.25) is 0 Å². The molecule has 1 aliphatic heterocycles. The number of hydrogen-bond acceptors (Lipinski definition) is 2. The first-order valence-electron chi connectivity index (χ1n) is 4.95. The van der Waals surface area contributed by atoms with Crippen LogP contribution in [0.5, 0.6) is 0 Å². The fraction of sp³-hybridized carbons (Fsp3) is 0.900. The van der Waals surface area contributed by atoms with Crippen LogP contribution >= 0.6 is 0 Å². The van der Waals surface area contributed by atoms with Crippen LogP contribution < -0.4 is 0 Å². The maximum Gasteiger partial charge on any atom is 0.251 e. The Morgan fingerprint density at radius 2 is 2.15 bits per heavy atom. The van der Waals surface area contributed by atoms with E-state index >= 15 is 0 Å². The van der Waals surface area contributed by atoms with Crippen LogP contribution in [0, 0.1) is 5.92 Å². The molecule has 0 aromatic carbocycles. The highest BCUT2D eigenvalue weighted by molar-refractivity contribution is 5.81. The lowest BCUT2D eigenvalue weighted by molar-refractivity contribution is -0.159. The number of morpholine rings is 1. The third-order valence-corrected chi connectivity index (χ3v) is 2.16. The smallest absolute Gasteiger partial charge is 0.251 e. The summed E-state index contributed by atoms with van der Waals surface area (Å²) in [5.41, 5.74) is 0. The minimum absolute atomic E-state index is 0.131. The number of ether oxygens (including phenoxy) is 1. The molecule has 1 amide bonds. The molecule has 1 fully saturated rings. The first kappa shape index (κ1) is 10.5. The van der Waals surface area contributed by atoms with Gasteiger partial charge < -0.3 is 9.64 Å². The summed E-state index contributed by atoms with van der Waals surface area (Å²) in [7, 11) is 0. The molecule has 0 aromatic rings. The maximum atomic E-state index is 11.6. The summed E-state index contributed by atoms with van der Waals surface area (Å²) >= 11 is 0. The summed E-state index contributed by atoms with van der Waals surface area (Å²) in [4.78, 5) is 13.5. The van der Waals surface area contributed by atoms with Gasteiger partial charge in [0.15, 0.2) is 0 Å². The maximum absolute atomic E-state index is 11.6. The lowest BCUT2D eigenvalue weighted by Gasteiger charge is -2.35. The minimum Gasteiger partial charge on any atom is -0.364 e. The molecule has 1 rings (SSSR count). The van der Waals surface area contributed by atoms with Crippen LogP contribution in [0.1, 0.15) is 27.7 Å². The number of nitrogens with zero attached hydrogens (tertiary/aromatic N) is 1. The Labute approximate surface area is 80.1 Å². The lowest BCUT2D eigenvalue weighted by Crippen LogP contribution is -2.51. The van der Waals surface area contributed by atoms with Gasteiger partial charge in [-0.15, -0.1) is 0 Å². The van der Waals surface area contributed by atoms with Crippen LogP contribution in [0.3, 0.4) is 0 Å². The van der Waals surface area contributed by atoms with Crippen LogP contribution in [0.4, 0.5) is 0 Å². The van der Waals surface area contributed by atoms with E-state index in [0.717, 1.165) is 13.1 Å². The molecule has 3 nitrogen and oxygen atoms in total. The van der Waals surface area contributed by atoms with E-state index in [2.05, 4.69) is 13.8 Å². The largest absolute Gasteiger partial charge is 0.364 e. The van der Waals surface area contributed by atoms with Gasteiger partial charge in [0.05, 0.1) is 6.10 Å². The molecule has 1 aliphatic rings. The molecule has 3 heteroatoms. The molecular formula is C10H19NO2. The van der Waals surface area contributed by atoms with E-state index in [9.17, 15) is 4.79 Å². The van der Waals surface area contributed by atoms with Crippen LogP contribution in [-0.4, -0.2) is 36.1 Å². The van der Waals surface area contributed by atoms with Crippen molar-refractivity contribution in [2.24, 2.45) is 5.92 Å². The van der Waals surface area contributed by atoms with Gasteiger partial charge in [-0.3, -0.25) is 4.79 Å². The molecule has 1 heterocycles. The molecule has 0 N–H and O–H groups in total. The van der Waals surface area contributed by atoms with Gasteiger partial charge in [-0.1, -0.05) is 13.8 Å². The van der Waals surface area contributed by atoms with Crippen molar-refractivity contribution in [3.63, 3.8) is 0 Å². The first-order chi connectivity index (χ1) is 6.00. The Hall–Kier alpha value is -0.570. The zero-order chi connectivity index (χ0) is 10.0. The molecule has 0 spiro atoms. The molecular weight excluding hydrogens is 166 g/mol. The Balaban J connectivity index is 2.56. The zero-order valence-electron chi connectivity index (χ0n) is 8.91. The zero-order valence-corrected chi connectivity index (χ0v) is 8.91. The van der Waals surface area contributed by atoms with E-state index in [1.54, 1.807) is 0 Å². The summed E-state index contributed by atoms with van der Waals surface area (Å²) < 4.78 is 5.42. The van der Waals surface area contributed by atoms with Gasteiger partial charge >= 0.3 is 0 Å². The molecule has 76 valence electrons. The topological polar surface area (TPSA) is 29.5 Å².